The van der Waals surface area contributed by atoms with E-state index in [2.05, 4.69) is 120 Å². The van der Waals surface area contributed by atoms with Crippen LogP contribution < -0.4 is 0 Å². The van der Waals surface area contributed by atoms with Gasteiger partial charge in [0.15, 0.2) is 5.78 Å². The number of aromatic nitrogens is 2. The van der Waals surface area contributed by atoms with Crippen molar-refractivity contribution in [2.45, 2.75) is 38.3 Å². The second kappa shape index (κ2) is 15.8. The number of carbonyl (C=O) groups excluding carboxylic acids is 2. The average Bonchev–Trinajstić information content (AvgIpc) is 3.92. The summed E-state index contributed by atoms with van der Waals surface area (Å²) >= 11 is 0. The summed E-state index contributed by atoms with van der Waals surface area (Å²) in [4.78, 5) is 34.0. The Hall–Kier alpha value is -7.31. The van der Waals surface area contributed by atoms with Gasteiger partial charge >= 0.3 is 6.09 Å². The predicted octanol–water partition coefficient (Wildman–Crippen LogP) is 12.0. The van der Waals surface area contributed by atoms with Crippen LogP contribution in [0.15, 0.2) is 189 Å². The Morgan fingerprint density at radius 3 is 1.90 bits per heavy atom. The number of ether oxygens (including phenoxy) is 1. The monoisotopic (exact) mass is 783 g/mol. The molecular formula is C54H45N3O3. The fourth-order valence-electron chi connectivity index (χ4n) is 8.65. The summed E-state index contributed by atoms with van der Waals surface area (Å²) in [6.07, 6.45) is 13.6. The summed E-state index contributed by atoms with van der Waals surface area (Å²) < 4.78 is 7.83. The lowest BCUT2D eigenvalue weighted by molar-refractivity contribution is 0.0350. The molecule has 294 valence electrons. The number of allylic oxidation sites excluding steroid dienone is 3. The van der Waals surface area contributed by atoms with Crippen molar-refractivity contribution in [3.8, 4) is 22.4 Å². The molecule has 6 nitrogen and oxygen atoms in total. The Balaban J connectivity index is 1.08. The van der Waals surface area contributed by atoms with Gasteiger partial charge in [-0.05, 0) is 101 Å². The normalized spacial score (nSPS) is 13.5. The molecule has 60 heavy (non-hydrogen) atoms. The van der Waals surface area contributed by atoms with Crippen LogP contribution >= 0.6 is 0 Å². The van der Waals surface area contributed by atoms with Crippen LogP contribution in [0.2, 0.25) is 0 Å². The SMILES string of the molecule is CC(C)(C)OC(=O)N1C=CC(c2c(C(=O)/C=C/c3ccccc3-c3cn(C(c4ccccc4)(c4ccccc4)c4ccccc4)cn3)ccc3c2Cc2ccccc2-3)=CC1. The number of carbonyl (C=O) groups is 2. The van der Waals surface area contributed by atoms with E-state index in [-0.39, 0.29) is 5.78 Å². The Labute approximate surface area is 351 Å². The minimum absolute atomic E-state index is 0.107. The molecule has 0 bridgehead atoms. The van der Waals surface area contributed by atoms with Crippen molar-refractivity contribution in [3.05, 3.63) is 233 Å². The standard InChI is InChI=1S/C54H45N3O3/c1-53(2,3)60-52(59)56-33-31-39(32-34-56)51-47(29-28-46-44-25-15-14-18-40(44)35-48(46)51)50(58)30-27-38-17-13-16-26-45(38)49-36-57(37-55-49)54(41-19-7-4-8-20-41,42-21-9-5-10-22-42)43-23-11-6-12-24-43/h4-33,36-37H,34-35H2,1-3H3/b30-27+. The van der Waals surface area contributed by atoms with E-state index < -0.39 is 17.2 Å². The summed E-state index contributed by atoms with van der Waals surface area (Å²) in [6, 6.07) is 52.1. The first-order valence-corrected chi connectivity index (χ1v) is 20.4. The van der Waals surface area contributed by atoms with Gasteiger partial charge in [0.1, 0.15) is 11.1 Å². The number of hydrogen-bond acceptors (Lipinski definition) is 4. The highest BCUT2D eigenvalue weighted by molar-refractivity contribution is 6.12. The van der Waals surface area contributed by atoms with Crippen LogP contribution in [0.1, 0.15) is 70.1 Å². The maximum absolute atomic E-state index is 14.5. The number of nitrogens with zero attached hydrogens (tertiary/aromatic N) is 3. The van der Waals surface area contributed by atoms with Crippen LogP contribution in [0.4, 0.5) is 4.79 Å². The molecule has 7 aromatic rings. The average molecular weight is 784 g/mol. The van der Waals surface area contributed by atoms with Crippen molar-refractivity contribution in [1.82, 2.24) is 14.5 Å². The molecule has 6 aromatic carbocycles. The van der Waals surface area contributed by atoms with E-state index in [1.54, 1.807) is 17.2 Å². The van der Waals surface area contributed by atoms with E-state index >= 15 is 0 Å². The third-order valence-electron chi connectivity index (χ3n) is 11.3. The predicted molar refractivity (Wildman–Crippen MR) is 240 cm³/mol. The van der Waals surface area contributed by atoms with Crippen LogP contribution in [0.3, 0.4) is 0 Å². The van der Waals surface area contributed by atoms with Gasteiger partial charge in [0, 0.05) is 30.1 Å². The van der Waals surface area contributed by atoms with Gasteiger partial charge in [0.2, 0.25) is 0 Å². The molecule has 0 spiro atoms. The van der Waals surface area contributed by atoms with Crippen molar-refractivity contribution < 1.29 is 14.3 Å². The Morgan fingerprint density at radius 1 is 0.683 bits per heavy atom. The molecule has 1 aliphatic carbocycles. The molecule has 1 amide bonds. The van der Waals surface area contributed by atoms with Crippen molar-refractivity contribution in [1.29, 1.82) is 0 Å². The van der Waals surface area contributed by atoms with Gasteiger partial charge in [0.05, 0.1) is 12.0 Å². The van der Waals surface area contributed by atoms with Gasteiger partial charge in [-0.25, -0.2) is 9.78 Å². The number of fused-ring (bicyclic) bond motifs is 3. The van der Waals surface area contributed by atoms with E-state index in [1.807, 2.05) is 87.8 Å². The van der Waals surface area contributed by atoms with Crippen LogP contribution in [-0.4, -0.2) is 38.5 Å². The summed E-state index contributed by atoms with van der Waals surface area (Å²) in [5.74, 6) is -0.107. The number of benzene rings is 6. The number of hydrogen-bond donors (Lipinski definition) is 0. The minimum atomic E-state index is -0.703. The van der Waals surface area contributed by atoms with Crippen molar-refractivity contribution in [2.75, 3.05) is 6.54 Å². The Kier molecular flexibility index (Phi) is 10.1. The minimum Gasteiger partial charge on any atom is -0.443 e. The highest BCUT2D eigenvalue weighted by atomic mass is 16.6. The zero-order chi connectivity index (χ0) is 41.3. The van der Waals surface area contributed by atoms with E-state index in [1.165, 1.54) is 11.1 Å². The molecule has 0 unspecified atom stereocenters. The van der Waals surface area contributed by atoms with Crippen LogP contribution in [-0.2, 0) is 16.7 Å². The van der Waals surface area contributed by atoms with Gasteiger partial charge in [-0.15, -0.1) is 0 Å². The van der Waals surface area contributed by atoms with Crippen molar-refractivity contribution in [3.63, 3.8) is 0 Å². The Morgan fingerprint density at radius 2 is 1.28 bits per heavy atom. The smallest absolute Gasteiger partial charge is 0.414 e. The molecule has 0 radical (unpaired) electrons. The van der Waals surface area contributed by atoms with E-state index in [0.29, 0.717) is 18.5 Å². The fourth-order valence-corrected chi connectivity index (χ4v) is 8.65. The second-order valence-electron chi connectivity index (χ2n) is 16.2. The van der Waals surface area contributed by atoms with Crippen LogP contribution in [0, 0.1) is 0 Å². The summed E-state index contributed by atoms with van der Waals surface area (Å²) in [7, 11) is 0. The van der Waals surface area contributed by atoms with E-state index in [9.17, 15) is 9.59 Å². The first kappa shape index (κ1) is 38.2. The quantitative estimate of drug-likeness (QED) is 0.0831. The fraction of sp³-hybridized carbons (Fsp3) is 0.130. The molecule has 2 heterocycles. The molecule has 0 saturated carbocycles. The first-order chi connectivity index (χ1) is 29.2. The topological polar surface area (TPSA) is 64.4 Å². The largest absolute Gasteiger partial charge is 0.443 e. The van der Waals surface area contributed by atoms with Crippen molar-refractivity contribution >= 4 is 23.5 Å². The molecule has 0 atom stereocenters. The number of ketones is 1. The molecule has 9 rings (SSSR count). The molecule has 0 saturated heterocycles. The maximum atomic E-state index is 14.5. The lowest BCUT2D eigenvalue weighted by Crippen LogP contribution is -2.36. The lowest BCUT2D eigenvalue weighted by Gasteiger charge is -2.37. The van der Waals surface area contributed by atoms with Gasteiger partial charge < -0.3 is 9.30 Å². The summed E-state index contributed by atoms with van der Waals surface area (Å²) in [6.45, 7) is 5.90. The molecule has 1 aliphatic heterocycles. The summed E-state index contributed by atoms with van der Waals surface area (Å²) in [5, 5.41) is 0. The van der Waals surface area contributed by atoms with Gasteiger partial charge in [-0.1, -0.05) is 158 Å². The third kappa shape index (κ3) is 7.11. The zero-order valence-electron chi connectivity index (χ0n) is 34.0. The molecule has 0 fully saturated rings. The summed E-state index contributed by atoms with van der Waals surface area (Å²) in [5.41, 5.74) is 11.7. The van der Waals surface area contributed by atoms with Gasteiger partial charge in [-0.3, -0.25) is 9.69 Å². The molecule has 0 N–H and O–H groups in total. The van der Waals surface area contributed by atoms with E-state index in [0.717, 1.165) is 55.8 Å². The Bertz CT molecular complexity index is 2710. The highest BCUT2D eigenvalue weighted by Gasteiger charge is 2.38. The lowest BCUT2D eigenvalue weighted by atomic mass is 9.77. The van der Waals surface area contributed by atoms with Crippen LogP contribution in [0.5, 0.6) is 0 Å². The third-order valence-corrected chi connectivity index (χ3v) is 11.3. The molecule has 2 aliphatic rings. The highest BCUT2D eigenvalue weighted by Crippen LogP contribution is 2.44. The second-order valence-corrected chi connectivity index (χ2v) is 16.2. The van der Waals surface area contributed by atoms with Gasteiger partial charge in [-0.2, -0.15) is 0 Å². The molecular weight excluding hydrogens is 739 g/mol. The van der Waals surface area contributed by atoms with Crippen LogP contribution in [0.25, 0.3) is 34.0 Å². The van der Waals surface area contributed by atoms with E-state index in [4.69, 9.17) is 9.72 Å². The first-order valence-electron chi connectivity index (χ1n) is 20.4. The number of imidazole rings is 1. The number of amides is 1. The maximum Gasteiger partial charge on any atom is 0.414 e. The zero-order valence-corrected chi connectivity index (χ0v) is 34.0. The molecule has 1 aromatic heterocycles. The number of rotatable bonds is 9. The van der Waals surface area contributed by atoms with Gasteiger partial charge in [0.25, 0.3) is 0 Å². The molecule has 6 heteroatoms. The van der Waals surface area contributed by atoms with Crippen molar-refractivity contribution in [2.24, 2.45) is 0 Å².